The predicted octanol–water partition coefficient (Wildman–Crippen LogP) is 3.83. The molecule has 1 saturated carbocycles. The van der Waals surface area contributed by atoms with Gasteiger partial charge in [0.05, 0.1) is 0 Å². The molecule has 1 aromatic rings. The first-order valence-electron chi connectivity index (χ1n) is 7.21. The van der Waals surface area contributed by atoms with Crippen molar-refractivity contribution in [1.29, 1.82) is 0 Å². The lowest BCUT2D eigenvalue weighted by Crippen LogP contribution is -2.49. The summed E-state index contributed by atoms with van der Waals surface area (Å²) in [7, 11) is 2.07. The largest absolute Gasteiger partial charge is 0.319 e. The lowest BCUT2D eigenvalue weighted by Gasteiger charge is -2.50. The van der Waals surface area contributed by atoms with Gasteiger partial charge in [-0.2, -0.15) is 0 Å². The van der Waals surface area contributed by atoms with Gasteiger partial charge in [-0.25, -0.2) is 0 Å². The Hall–Kier alpha value is -0.820. The maximum atomic E-state index is 3.40. The van der Waals surface area contributed by atoms with Gasteiger partial charge >= 0.3 is 0 Å². The molecule has 1 heteroatoms. The van der Waals surface area contributed by atoms with Crippen LogP contribution in [0.3, 0.4) is 0 Å². The van der Waals surface area contributed by atoms with E-state index in [0.29, 0.717) is 5.41 Å². The molecule has 1 fully saturated rings. The molecule has 0 aromatic heterocycles. The lowest BCUT2D eigenvalue weighted by atomic mass is 9.55. The molecular weight excluding hydrogens is 218 g/mol. The van der Waals surface area contributed by atoms with E-state index < -0.39 is 0 Å². The summed E-state index contributed by atoms with van der Waals surface area (Å²) in [5, 5.41) is 3.40. The maximum absolute atomic E-state index is 3.40. The molecule has 100 valence electrons. The van der Waals surface area contributed by atoms with Crippen LogP contribution in [0.4, 0.5) is 0 Å². The first kappa shape index (κ1) is 13.6. The van der Waals surface area contributed by atoms with Crippen LogP contribution in [0.2, 0.25) is 0 Å². The van der Waals surface area contributed by atoms with Crippen molar-refractivity contribution in [1.82, 2.24) is 5.32 Å². The highest BCUT2D eigenvalue weighted by molar-refractivity contribution is 5.37. The summed E-state index contributed by atoms with van der Waals surface area (Å²) in [5.74, 6) is 1.72. The summed E-state index contributed by atoms with van der Waals surface area (Å²) in [6, 6.07) is 7.03. The zero-order valence-electron chi connectivity index (χ0n) is 12.5. The molecule has 2 rings (SSSR count). The summed E-state index contributed by atoms with van der Waals surface area (Å²) in [5.41, 5.74) is 4.76. The highest BCUT2D eigenvalue weighted by atomic mass is 14.8. The van der Waals surface area contributed by atoms with Gasteiger partial charge in [0.1, 0.15) is 0 Å². The number of nitrogens with one attached hydrogen (secondary N) is 1. The van der Waals surface area contributed by atoms with E-state index in [4.69, 9.17) is 0 Å². The molecule has 0 spiro atoms. The molecule has 1 aliphatic rings. The Bertz CT molecular complexity index is 414. The van der Waals surface area contributed by atoms with Crippen molar-refractivity contribution in [3.8, 4) is 0 Å². The van der Waals surface area contributed by atoms with Crippen LogP contribution in [-0.4, -0.2) is 13.6 Å². The first-order valence-corrected chi connectivity index (χ1v) is 7.21. The van der Waals surface area contributed by atoms with Crippen LogP contribution in [0.15, 0.2) is 18.2 Å². The second kappa shape index (κ2) is 5.05. The van der Waals surface area contributed by atoms with Gasteiger partial charge in [-0.05, 0) is 62.3 Å². The van der Waals surface area contributed by atoms with Crippen LogP contribution in [-0.2, 0) is 5.41 Å². The van der Waals surface area contributed by atoms with Gasteiger partial charge in [0.15, 0.2) is 0 Å². The summed E-state index contributed by atoms with van der Waals surface area (Å²) in [4.78, 5) is 0. The number of benzene rings is 1. The lowest BCUT2D eigenvalue weighted by molar-refractivity contribution is 0.0995. The Balaban J connectivity index is 2.23. The van der Waals surface area contributed by atoms with Crippen molar-refractivity contribution >= 4 is 0 Å². The monoisotopic (exact) mass is 245 g/mol. The molecule has 0 atom stereocenters. The van der Waals surface area contributed by atoms with Crippen LogP contribution in [0, 0.1) is 25.7 Å². The van der Waals surface area contributed by atoms with Gasteiger partial charge in [-0.15, -0.1) is 0 Å². The number of aryl methyl sites for hydroxylation is 2. The number of hydrogen-bond acceptors (Lipinski definition) is 1. The van der Waals surface area contributed by atoms with Gasteiger partial charge in [0.2, 0.25) is 0 Å². The van der Waals surface area contributed by atoms with Crippen LogP contribution >= 0.6 is 0 Å². The smallest absolute Gasteiger partial charge is 0.00832 e. The summed E-state index contributed by atoms with van der Waals surface area (Å²) < 4.78 is 0. The average Bonchev–Trinajstić information content (AvgIpc) is 2.26. The third-order valence-corrected chi connectivity index (χ3v) is 4.88. The van der Waals surface area contributed by atoms with Crippen molar-refractivity contribution in [2.24, 2.45) is 11.8 Å². The van der Waals surface area contributed by atoms with Crippen molar-refractivity contribution in [3.05, 3.63) is 34.9 Å². The zero-order chi connectivity index (χ0) is 13.3. The van der Waals surface area contributed by atoms with Gasteiger partial charge in [-0.1, -0.05) is 32.0 Å². The van der Waals surface area contributed by atoms with Crippen LogP contribution in [0.1, 0.15) is 43.4 Å². The zero-order valence-corrected chi connectivity index (χ0v) is 12.5. The Morgan fingerprint density at radius 2 is 1.89 bits per heavy atom. The maximum Gasteiger partial charge on any atom is 0.00832 e. The molecular formula is C17H27N. The Morgan fingerprint density at radius 1 is 1.22 bits per heavy atom. The fraction of sp³-hybridized carbons (Fsp3) is 0.647. The second-order valence-electron chi connectivity index (χ2n) is 6.52. The van der Waals surface area contributed by atoms with Crippen LogP contribution in [0.25, 0.3) is 0 Å². The second-order valence-corrected chi connectivity index (χ2v) is 6.52. The molecule has 0 unspecified atom stereocenters. The fourth-order valence-electron chi connectivity index (χ4n) is 3.31. The third-order valence-electron chi connectivity index (χ3n) is 4.88. The Kier molecular flexibility index (Phi) is 3.82. The van der Waals surface area contributed by atoms with Gasteiger partial charge < -0.3 is 5.32 Å². The van der Waals surface area contributed by atoms with E-state index in [1.807, 2.05) is 0 Å². The molecule has 1 N–H and O–H groups in total. The van der Waals surface area contributed by atoms with E-state index in [-0.39, 0.29) is 0 Å². The Labute approximate surface area is 112 Å². The normalized spacial score (nSPS) is 27.3. The highest BCUT2D eigenvalue weighted by Gasteiger charge is 2.45. The quantitative estimate of drug-likeness (QED) is 0.850. The molecule has 0 radical (unpaired) electrons. The minimum absolute atomic E-state index is 0.391. The summed E-state index contributed by atoms with van der Waals surface area (Å²) in [6.45, 7) is 10.2. The molecule has 0 amide bonds. The van der Waals surface area contributed by atoms with Crippen molar-refractivity contribution in [2.75, 3.05) is 13.6 Å². The van der Waals surface area contributed by atoms with Gasteiger partial charge in [-0.3, -0.25) is 0 Å². The van der Waals surface area contributed by atoms with E-state index in [9.17, 15) is 0 Å². The third kappa shape index (κ3) is 2.33. The number of rotatable bonds is 4. The fourth-order valence-corrected chi connectivity index (χ4v) is 3.31. The molecule has 0 bridgehead atoms. The highest BCUT2D eigenvalue weighted by Crippen LogP contribution is 2.50. The molecule has 1 aromatic carbocycles. The molecule has 0 aliphatic heterocycles. The van der Waals surface area contributed by atoms with E-state index in [0.717, 1.165) is 18.4 Å². The first-order chi connectivity index (χ1) is 8.48. The molecule has 0 saturated heterocycles. The molecule has 0 heterocycles. The van der Waals surface area contributed by atoms with E-state index in [1.54, 1.807) is 0 Å². The molecule has 18 heavy (non-hydrogen) atoms. The van der Waals surface area contributed by atoms with Crippen LogP contribution in [0.5, 0.6) is 0 Å². The van der Waals surface area contributed by atoms with E-state index in [1.165, 1.54) is 29.5 Å². The average molecular weight is 245 g/mol. The Morgan fingerprint density at radius 3 is 2.39 bits per heavy atom. The standard InChI is InChI=1S/C17H27N/c1-12(2)15-9-17(10-15,11-18-5)16-7-6-13(3)14(4)8-16/h6-8,12,15,18H,9-11H2,1-5H3. The van der Waals surface area contributed by atoms with Crippen molar-refractivity contribution in [3.63, 3.8) is 0 Å². The molecule has 1 aliphatic carbocycles. The van der Waals surface area contributed by atoms with Crippen molar-refractivity contribution in [2.45, 2.75) is 46.0 Å². The van der Waals surface area contributed by atoms with Crippen LogP contribution < -0.4 is 5.32 Å². The number of likely N-dealkylation sites (N-methyl/N-ethyl adjacent to an activating group) is 1. The van der Waals surface area contributed by atoms with Crippen molar-refractivity contribution < 1.29 is 0 Å². The SMILES string of the molecule is CNCC1(c2ccc(C)c(C)c2)CC(C(C)C)C1. The van der Waals surface area contributed by atoms with E-state index in [2.05, 4.69) is 58.3 Å². The summed E-state index contributed by atoms with van der Waals surface area (Å²) in [6.07, 6.45) is 2.68. The van der Waals surface area contributed by atoms with Gasteiger partial charge in [0, 0.05) is 12.0 Å². The minimum atomic E-state index is 0.391. The summed E-state index contributed by atoms with van der Waals surface area (Å²) >= 11 is 0. The van der Waals surface area contributed by atoms with E-state index >= 15 is 0 Å². The predicted molar refractivity (Wildman–Crippen MR) is 79.1 cm³/mol. The minimum Gasteiger partial charge on any atom is -0.319 e. The topological polar surface area (TPSA) is 12.0 Å². The molecule has 1 nitrogen and oxygen atoms in total. The van der Waals surface area contributed by atoms with Gasteiger partial charge in [0.25, 0.3) is 0 Å². The number of hydrogen-bond donors (Lipinski definition) is 1.